The third-order valence-electron chi connectivity index (χ3n) is 3.38. The number of oxazole rings is 1. The summed E-state index contributed by atoms with van der Waals surface area (Å²) in [5.41, 5.74) is 1.60. The van der Waals surface area contributed by atoms with E-state index in [1.165, 1.54) is 0 Å². The molecule has 0 spiro atoms. The highest BCUT2D eigenvalue weighted by atomic mass is 16.7. The van der Waals surface area contributed by atoms with E-state index in [9.17, 15) is 4.79 Å². The number of nitrogens with one attached hydrogen (secondary N) is 1. The first kappa shape index (κ1) is 14.7. The van der Waals surface area contributed by atoms with Crippen molar-refractivity contribution in [3.8, 4) is 11.5 Å². The summed E-state index contributed by atoms with van der Waals surface area (Å²) in [6.07, 6.45) is -0.0124. The van der Waals surface area contributed by atoms with Gasteiger partial charge in [-0.3, -0.25) is 4.79 Å². The number of hydrogen-bond donors (Lipinski definition) is 1. The number of ether oxygens (including phenoxy) is 2. The number of nitrogens with zero attached hydrogens (tertiary/aromatic N) is 1. The summed E-state index contributed by atoms with van der Waals surface area (Å²) in [6.45, 7) is 3.19. The minimum Gasteiger partial charge on any atom is -0.441 e. The summed E-state index contributed by atoms with van der Waals surface area (Å²) < 4.78 is 16.2. The number of rotatable bonds is 4. The van der Waals surface area contributed by atoms with Gasteiger partial charge in [-0.25, -0.2) is 4.98 Å². The van der Waals surface area contributed by atoms with Crippen LogP contribution in [0.2, 0.25) is 0 Å². The fourth-order valence-electron chi connectivity index (χ4n) is 2.19. The number of carbonyl (C=O) groups excluding carboxylic acids is 1. The molecule has 1 fully saturated rings. The normalized spacial score (nSPS) is 15.7. The van der Waals surface area contributed by atoms with Gasteiger partial charge in [0.05, 0.1) is 19.8 Å². The van der Waals surface area contributed by atoms with Crippen molar-refractivity contribution in [1.82, 2.24) is 10.3 Å². The maximum atomic E-state index is 11.9. The second-order valence-electron chi connectivity index (χ2n) is 5.03. The monoisotopic (exact) mass is 302 g/mol. The molecule has 6 nitrogen and oxygen atoms in total. The molecule has 1 aromatic heterocycles. The van der Waals surface area contributed by atoms with Crippen LogP contribution in [0.5, 0.6) is 0 Å². The zero-order valence-corrected chi connectivity index (χ0v) is 12.4. The van der Waals surface area contributed by atoms with Gasteiger partial charge in [0.2, 0.25) is 12.2 Å². The molecular weight excluding hydrogens is 284 g/mol. The van der Waals surface area contributed by atoms with Crippen LogP contribution in [0.15, 0.2) is 34.7 Å². The summed E-state index contributed by atoms with van der Waals surface area (Å²) in [5.74, 6) is 0.945. The lowest BCUT2D eigenvalue weighted by Gasteiger charge is -2.21. The minimum absolute atomic E-state index is 0.282. The Labute approximate surface area is 128 Å². The Kier molecular flexibility index (Phi) is 4.50. The molecule has 0 saturated carbocycles. The Morgan fingerprint density at radius 2 is 2.00 bits per heavy atom. The SMILES string of the molecule is Cc1oc(-c2ccccc2)nc1CNC(=O)C1OCCCO1. The molecule has 0 bridgehead atoms. The van der Waals surface area contributed by atoms with Crippen molar-refractivity contribution in [3.63, 3.8) is 0 Å². The van der Waals surface area contributed by atoms with Gasteiger partial charge in [0.15, 0.2) is 0 Å². The standard InChI is InChI=1S/C16H18N2O4/c1-11-13(10-17-14(19)16-20-8-5-9-21-16)18-15(22-11)12-6-3-2-4-7-12/h2-4,6-7,16H,5,8-10H2,1H3,(H,17,19). The highest BCUT2D eigenvalue weighted by Gasteiger charge is 2.23. The van der Waals surface area contributed by atoms with Crippen molar-refractivity contribution in [1.29, 1.82) is 0 Å². The highest BCUT2D eigenvalue weighted by Crippen LogP contribution is 2.21. The molecule has 1 amide bonds. The van der Waals surface area contributed by atoms with E-state index in [2.05, 4.69) is 10.3 Å². The maximum absolute atomic E-state index is 11.9. The Hall–Kier alpha value is -2.18. The second kappa shape index (κ2) is 6.72. The third-order valence-corrected chi connectivity index (χ3v) is 3.38. The quantitative estimate of drug-likeness (QED) is 0.935. The largest absolute Gasteiger partial charge is 0.441 e. The van der Waals surface area contributed by atoms with E-state index in [1.807, 2.05) is 37.3 Å². The van der Waals surface area contributed by atoms with E-state index < -0.39 is 6.29 Å². The molecule has 2 heterocycles. The highest BCUT2D eigenvalue weighted by molar-refractivity contribution is 5.79. The Bertz CT molecular complexity index is 633. The molecule has 1 aliphatic heterocycles. The van der Waals surface area contributed by atoms with Crippen LogP contribution in [0.25, 0.3) is 11.5 Å². The number of hydrogen-bond acceptors (Lipinski definition) is 5. The number of carbonyl (C=O) groups is 1. The molecule has 22 heavy (non-hydrogen) atoms. The molecule has 1 aromatic carbocycles. The molecule has 0 unspecified atom stereocenters. The van der Waals surface area contributed by atoms with Gasteiger partial charge >= 0.3 is 0 Å². The summed E-state index contributed by atoms with van der Waals surface area (Å²) >= 11 is 0. The second-order valence-corrected chi connectivity index (χ2v) is 5.03. The van der Waals surface area contributed by atoms with Gasteiger partial charge in [-0.2, -0.15) is 0 Å². The Balaban J connectivity index is 1.63. The van der Waals surface area contributed by atoms with Gasteiger partial charge in [-0.1, -0.05) is 18.2 Å². The van der Waals surface area contributed by atoms with Crippen molar-refractivity contribution in [2.24, 2.45) is 0 Å². The van der Waals surface area contributed by atoms with Crippen LogP contribution in [0.1, 0.15) is 17.9 Å². The van der Waals surface area contributed by atoms with Gasteiger partial charge in [0, 0.05) is 5.56 Å². The molecule has 6 heteroatoms. The van der Waals surface area contributed by atoms with Crippen molar-refractivity contribution >= 4 is 5.91 Å². The number of aromatic nitrogens is 1. The van der Waals surface area contributed by atoms with Crippen LogP contribution in [-0.2, 0) is 20.8 Å². The zero-order valence-electron chi connectivity index (χ0n) is 12.4. The average molecular weight is 302 g/mol. The van der Waals surface area contributed by atoms with Crippen LogP contribution in [0.3, 0.4) is 0 Å². The molecule has 3 rings (SSSR count). The summed E-state index contributed by atoms with van der Waals surface area (Å²) in [6, 6.07) is 9.64. The van der Waals surface area contributed by atoms with E-state index in [0.29, 0.717) is 30.6 Å². The third kappa shape index (κ3) is 3.35. The lowest BCUT2D eigenvalue weighted by molar-refractivity contribution is -0.190. The van der Waals surface area contributed by atoms with Crippen LogP contribution in [0, 0.1) is 6.92 Å². The molecule has 116 valence electrons. The molecular formula is C16H18N2O4. The molecule has 0 aliphatic carbocycles. The summed E-state index contributed by atoms with van der Waals surface area (Å²) in [7, 11) is 0. The number of aryl methyl sites for hydroxylation is 1. The number of benzene rings is 1. The van der Waals surface area contributed by atoms with Crippen molar-refractivity contribution in [3.05, 3.63) is 41.8 Å². The fourth-order valence-corrected chi connectivity index (χ4v) is 2.19. The van der Waals surface area contributed by atoms with E-state index in [4.69, 9.17) is 13.9 Å². The van der Waals surface area contributed by atoms with Crippen molar-refractivity contribution in [2.75, 3.05) is 13.2 Å². The minimum atomic E-state index is -0.824. The van der Waals surface area contributed by atoms with Gasteiger partial charge in [-0.05, 0) is 25.5 Å². The van der Waals surface area contributed by atoms with E-state index >= 15 is 0 Å². The van der Waals surface area contributed by atoms with Crippen LogP contribution in [-0.4, -0.2) is 30.4 Å². The molecule has 1 saturated heterocycles. The van der Waals surface area contributed by atoms with Crippen molar-refractivity contribution < 1.29 is 18.7 Å². The van der Waals surface area contributed by atoms with Crippen LogP contribution >= 0.6 is 0 Å². The first-order valence-electron chi connectivity index (χ1n) is 7.26. The molecule has 0 atom stereocenters. The van der Waals surface area contributed by atoms with Crippen LogP contribution in [0.4, 0.5) is 0 Å². The van der Waals surface area contributed by atoms with Gasteiger partial charge in [-0.15, -0.1) is 0 Å². The Morgan fingerprint density at radius 1 is 1.27 bits per heavy atom. The fraction of sp³-hybridized carbons (Fsp3) is 0.375. The molecule has 1 N–H and O–H groups in total. The van der Waals surface area contributed by atoms with Gasteiger partial charge < -0.3 is 19.2 Å². The van der Waals surface area contributed by atoms with Crippen LogP contribution < -0.4 is 5.32 Å². The zero-order chi connectivity index (χ0) is 15.4. The summed E-state index contributed by atoms with van der Waals surface area (Å²) in [4.78, 5) is 16.4. The first-order valence-corrected chi connectivity index (χ1v) is 7.26. The lowest BCUT2D eigenvalue weighted by Crippen LogP contribution is -2.40. The van der Waals surface area contributed by atoms with E-state index in [1.54, 1.807) is 0 Å². The van der Waals surface area contributed by atoms with E-state index in [0.717, 1.165) is 12.0 Å². The molecule has 2 aromatic rings. The smallest absolute Gasteiger partial charge is 0.277 e. The lowest BCUT2D eigenvalue weighted by atomic mass is 10.2. The first-order chi connectivity index (χ1) is 10.7. The summed E-state index contributed by atoms with van der Waals surface area (Å²) in [5, 5.41) is 2.76. The van der Waals surface area contributed by atoms with Gasteiger partial charge in [0.1, 0.15) is 11.5 Å². The van der Waals surface area contributed by atoms with E-state index in [-0.39, 0.29) is 12.5 Å². The van der Waals surface area contributed by atoms with Crippen molar-refractivity contribution in [2.45, 2.75) is 26.2 Å². The molecule has 0 radical (unpaired) electrons. The average Bonchev–Trinajstić information content (AvgIpc) is 2.95. The predicted octanol–water partition coefficient (Wildman–Crippen LogP) is 2.03. The molecule has 1 aliphatic rings. The number of amides is 1. The Morgan fingerprint density at radius 3 is 2.73 bits per heavy atom. The topological polar surface area (TPSA) is 73.6 Å². The van der Waals surface area contributed by atoms with Gasteiger partial charge in [0.25, 0.3) is 5.91 Å². The predicted molar refractivity (Wildman–Crippen MR) is 78.8 cm³/mol. The maximum Gasteiger partial charge on any atom is 0.277 e.